The van der Waals surface area contributed by atoms with E-state index < -0.39 is 0 Å². The second-order valence-corrected chi connectivity index (χ2v) is 6.54. The maximum Gasteiger partial charge on any atom is 0.148 e. The van der Waals surface area contributed by atoms with Crippen LogP contribution in [0.5, 0.6) is 0 Å². The van der Waals surface area contributed by atoms with Crippen molar-refractivity contribution in [2.45, 2.75) is 44.4 Å². The van der Waals surface area contributed by atoms with Crippen molar-refractivity contribution >= 4 is 5.82 Å². The van der Waals surface area contributed by atoms with E-state index in [1.54, 1.807) is 5.56 Å². The minimum atomic E-state index is 0.432. The number of fused-ring (bicyclic) bond motifs is 3. The van der Waals surface area contributed by atoms with Gasteiger partial charge in [0.2, 0.25) is 0 Å². The lowest BCUT2D eigenvalue weighted by atomic mass is 9.92. The fourth-order valence-corrected chi connectivity index (χ4v) is 4.20. The van der Waals surface area contributed by atoms with Crippen molar-refractivity contribution in [2.24, 2.45) is 5.92 Å². The van der Waals surface area contributed by atoms with Crippen LogP contribution in [0, 0.1) is 5.92 Å². The van der Waals surface area contributed by atoms with Crippen LogP contribution in [-0.4, -0.2) is 10.2 Å². The van der Waals surface area contributed by atoms with Crippen molar-refractivity contribution in [3.8, 4) is 0 Å². The number of nitrogens with two attached hydrogens (primary N) is 1. The van der Waals surface area contributed by atoms with Crippen molar-refractivity contribution in [3.05, 3.63) is 46.6 Å². The maximum atomic E-state index is 6.05. The standard InChI is InChI=1S/C17H21N3/c1-9(2)13-16(19-20-17(13)18)15-12-8-7-10-5-3-4-6-11(10)14(12)15/h3-6,9,12,14-15H,7-8H2,1-2H3,(H3,18,19,20). The summed E-state index contributed by atoms with van der Waals surface area (Å²) >= 11 is 0. The summed E-state index contributed by atoms with van der Waals surface area (Å²) in [5.41, 5.74) is 11.7. The molecule has 0 radical (unpaired) electrons. The van der Waals surface area contributed by atoms with E-state index in [9.17, 15) is 0 Å². The van der Waals surface area contributed by atoms with Crippen molar-refractivity contribution in [1.82, 2.24) is 10.2 Å². The van der Waals surface area contributed by atoms with E-state index >= 15 is 0 Å². The van der Waals surface area contributed by atoms with Gasteiger partial charge in [0.25, 0.3) is 0 Å². The zero-order chi connectivity index (χ0) is 13.9. The topological polar surface area (TPSA) is 54.7 Å². The average molecular weight is 267 g/mol. The van der Waals surface area contributed by atoms with Gasteiger partial charge in [-0.15, -0.1) is 0 Å². The fraction of sp³-hybridized carbons (Fsp3) is 0.471. The summed E-state index contributed by atoms with van der Waals surface area (Å²) in [4.78, 5) is 0. The molecule has 0 bridgehead atoms. The molecule has 20 heavy (non-hydrogen) atoms. The third-order valence-electron chi connectivity index (χ3n) is 5.10. The number of aryl methyl sites for hydroxylation is 1. The zero-order valence-corrected chi connectivity index (χ0v) is 12.1. The summed E-state index contributed by atoms with van der Waals surface area (Å²) in [5, 5.41) is 7.50. The number of nitrogens with one attached hydrogen (secondary N) is 1. The molecule has 1 aromatic carbocycles. The van der Waals surface area contributed by atoms with Gasteiger partial charge in [-0.1, -0.05) is 38.1 Å². The summed E-state index contributed by atoms with van der Waals surface area (Å²) in [6.07, 6.45) is 2.51. The highest BCUT2D eigenvalue weighted by molar-refractivity contribution is 5.52. The van der Waals surface area contributed by atoms with Gasteiger partial charge in [0.05, 0.1) is 0 Å². The highest BCUT2D eigenvalue weighted by atomic mass is 15.2. The number of aromatic amines is 1. The van der Waals surface area contributed by atoms with Gasteiger partial charge in [-0.2, -0.15) is 5.10 Å². The summed E-state index contributed by atoms with van der Waals surface area (Å²) in [7, 11) is 0. The number of benzene rings is 1. The van der Waals surface area contributed by atoms with E-state index in [1.165, 1.54) is 29.7 Å². The molecule has 3 nitrogen and oxygen atoms in total. The van der Waals surface area contributed by atoms with Crippen LogP contribution < -0.4 is 5.73 Å². The first kappa shape index (κ1) is 12.0. The van der Waals surface area contributed by atoms with Crippen LogP contribution in [0.25, 0.3) is 0 Å². The van der Waals surface area contributed by atoms with E-state index in [2.05, 4.69) is 48.3 Å². The van der Waals surface area contributed by atoms with Crippen LogP contribution in [0.4, 0.5) is 5.82 Å². The second-order valence-electron chi connectivity index (χ2n) is 6.54. The summed E-state index contributed by atoms with van der Waals surface area (Å²) in [6, 6.07) is 8.91. The van der Waals surface area contributed by atoms with Crippen molar-refractivity contribution in [2.75, 3.05) is 5.73 Å². The summed E-state index contributed by atoms with van der Waals surface area (Å²) in [5.74, 6) is 3.17. The molecule has 104 valence electrons. The van der Waals surface area contributed by atoms with Gasteiger partial charge >= 0.3 is 0 Å². The van der Waals surface area contributed by atoms with Gasteiger partial charge in [-0.3, -0.25) is 5.10 Å². The molecule has 3 atom stereocenters. The first-order valence-corrected chi connectivity index (χ1v) is 7.60. The van der Waals surface area contributed by atoms with Crippen LogP contribution in [0.2, 0.25) is 0 Å². The third-order valence-corrected chi connectivity index (χ3v) is 5.10. The Labute approximate surface area is 119 Å². The minimum Gasteiger partial charge on any atom is -0.382 e. The lowest BCUT2D eigenvalue weighted by Crippen LogP contribution is -2.00. The largest absolute Gasteiger partial charge is 0.382 e. The molecule has 3 N–H and O–H groups in total. The normalized spacial score (nSPS) is 27.2. The summed E-state index contributed by atoms with van der Waals surface area (Å²) < 4.78 is 0. The molecule has 4 rings (SSSR count). The molecule has 0 spiro atoms. The number of anilines is 1. The van der Waals surface area contributed by atoms with Crippen LogP contribution in [0.15, 0.2) is 24.3 Å². The van der Waals surface area contributed by atoms with E-state index in [-0.39, 0.29) is 0 Å². The molecule has 2 aliphatic rings. The average Bonchev–Trinajstić information content (AvgIpc) is 3.06. The molecule has 3 unspecified atom stereocenters. The Morgan fingerprint density at radius 3 is 2.85 bits per heavy atom. The van der Waals surface area contributed by atoms with Crippen molar-refractivity contribution in [1.29, 1.82) is 0 Å². The first-order valence-electron chi connectivity index (χ1n) is 7.60. The first-order chi connectivity index (χ1) is 9.68. The van der Waals surface area contributed by atoms with E-state index in [0.717, 1.165) is 5.92 Å². The van der Waals surface area contributed by atoms with Gasteiger partial charge in [-0.25, -0.2) is 0 Å². The Kier molecular flexibility index (Phi) is 2.47. The van der Waals surface area contributed by atoms with Gasteiger partial charge in [0.1, 0.15) is 5.82 Å². The van der Waals surface area contributed by atoms with E-state index in [4.69, 9.17) is 5.73 Å². The maximum absolute atomic E-state index is 6.05. The molecule has 1 saturated carbocycles. The predicted octanol–water partition coefficient (Wildman–Crippen LogP) is 3.56. The molecule has 2 aliphatic carbocycles. The lowest BCUT2D eigenvalue weighted by molar-refractivity contribution is 0.655. The number of hydrogen-bond donors (Lipinski definition) is 2. The molecule has 3 heteroatoms. The highest BCUT2D eigenvalue weighted by Crippen LogP contribution is 2.65. The van der Waals surface area contributed by atoms with Crippen molar-refractivity contribution < 1.29 is 0 Å². The second kappa shape index (κ2) is 4.11. The Hall–Kier alpha value is -1.77. The van der Waals surface area contributed by atoms with Gasteiger partial charge in [-0.05, 0) is 41.7 Å². The number of aromatic nitrogens is 2. The predicted molar refractivity (Wildman–Crippen MR) is 80.8 cm³/mol. The Morgan fingerprint density at radius 1 is 1.25 bits per heavy atom. The van der Waals surface area contributed by atoms with E-state index in [1.807, 2.05) is 0 Å². The molecule has 2 aromatic rings. The van der Waals surface area contributed by atoms with Gasteiger partial charge < -0.3 is 5.73 Å². The summed E-state index contributed by atoms with van der Waals surface area (Å²) in [6.45, 7) is 4.40. The SMILES string of the molecule is CC(C)c1c(N)n[nH]c1C1C2CCc3ccccc3C21. The Bertz CT molecular complexity index is 656. The van der Waals surface area contributed by atoms with E-state index in [0.29, 0.717) is 23.6 Å². The molecule has 0 aliphatic heterocycles. The van der Waals surface area contributed by atoms with Crippen LogP contribution in [-0.2, 0) is 6.42 Å². The van der Waals surface area contributed by atoms with Crippen LogP contribution >= 0.6 is 0 Å². The smallest absolute Gasteiger partial charge is 0.148 e. The number of hydrogen-bond acceptors (Lipinski definition) is 2. The number of rotatable bonds is 2. The highest BCUT2D eigenvalue weighted by Gasteiger charge is 2.55. The molecule has 1 aromatic heterocycles. The number of H-pyrrole nitrogens is 1. The van der Waals surface area contributed by atoms with Crippen molar-refractivity contribution in [3.63, 3.8) is 0 Å². The molecule has 0 saturated heterocycles. The minimum absolute atomic E-state index is 0.432. The number of nitrogen functional groups attached to an aromatic ring is 1. The monoisotopic (exact) mass is 267 g/mol. The Morgan fingerprint density at radius 2 is 2.05 bits per heavy atom. The number of nitrogens with zero attached hydrogens (tertiary/aromatic N) is 1. The molecule has 1 fully saturated rings. The third kappa shape index (κ3) is 1.55. The molecule has 0 amide bonds. The molecule has 1 heterocycles. The van der Waals surface area contributed by atoms with Crippen LogP contribution in [0.3, 0.4) is 0 Å². The quantitative estimate of drug-likeness (QED) is 0.874. The van der Waals surface area contributed by atoms with Crippen LogP contribution in [0.1, 0.15) is 60.4 Å². The zero-order valence-electron chi connectivity index (χ0n) is 12.1. The lowest BCUT2D eigenvalue weighted by Gasteiger charge is -2.13. The van der Waals surface area contributed by atoms with Gasteiger partial charge in [0.15, 0.2) is 0 Å². The van der Waals surface area contributed by atoms with Gasteiger partial charge in [0, 0.05) is 17.2 Å². The fourth-order valence-electron chi connectivity index (χ4n) is 4.20. The Balaban J connectivity index is 1.74. The molecular formula is C17H21N3. The molecular weight excluding hydrogens is 246 g/mol.